The van der Waals surface area contributed by atoms with Crippen LogP contribution in [0.4, 0.5) is 5.69 Å². The number of hydrogen-bond acceptors (Lipinski definition) is 8. The lowest BCUT2D eigenvalue weighted by Gasteiger charge is -2.14. The molecule has 2 aromatic carbocycles. The number of ether oxygens (including phenoxy) is 4. The van der Waals surface area contributed by atoms with Crippen molar-refractivity contribution in [2.45, 2.75) is 19.8 Å². The Hall–Kier alpha value is -4.28. The summed E-state index contributed by atoms with van der Waals surface area (Å²) < 4.78 is 21.7. The topological polar surface area (TPSA) is 137 Å². The normalized spacial score (nSPS) is 10.4. The minimum Gasteiger partial charge on any atom is -0.495 e. The van der Waals surface area contributed by atoms with Crippen LogP contribution in [-0.4, -0.2) is 62.2 Å². The summed E-state index contributed by atoms with van der Waals surface area (Å²) in [5.74, 6) is 1.32. The number of benzene rings is 2. The zero-order valence-corrected chi connectivity index (χ0v) is 20.4. The summed E-state index contributed by atoms with van der Waals surface area (Å²) in [6.45, 7) is 1.75. The van der Waals surface area contributed by atoms with Crippen LogP contribution in [0.2, 0.25) is 0 Å². The second-order valence-electron chi connectivity index (χ2n) is 7.44. The third-order valence-corrected chi connectivity index (χ3v) is 5.17. The van der Waals surface area contributed by atoms with E-state index in [0.29, 0.717) is 64.0 Å². The van der Waals surface area contributed by atoms with Crippen LogP contribution in [0.25, 0.3) is 22.5 Å². The van der Waals surface area contributed by atoms with Gasteiger partial charge in [0.2, 0.25) is 17.6 Å². The lowest BCUT2D eigenvalue weighted by molar-refractivity contribution is -0.124. The van der Waals surface area contributed by atoms with E-state index in [2.05, 4.69) is 26.0 Å². The van der Waals surface area contributed by atoms with Gasteiger partial charge >= 0.3 is 0 Å². The van der Waals surface area contributed by atoms with Crippen LogP contribution in [0.15, 0.2) is 30.3 Å². The van der Waals surface area contributed by atoms with Crippen molar-refractivity contribution in [1.82, 2.24) is 20.7 Å². The number of H-pyrrole nitrogens is 1. The van der Waals surface area contributed by atoms with Crippen LogP contribution < -0.4 is 29.6 Å². The van der Waals surface area contributed by atoms with Gasteiger partial charge in [-0.1, -0.05) is 12.1 Å². The predicted molar refractivity (Wildman–Crippen MR) is 130 cm³/mol. The van der Waals surface area contributed by atoms with Gasteiger partial charge in [-0.05, 0) is 36.8 Å². The standard InChI is InChI=1S/C24H29N5O6/c1-6-7-20(30)25-13-21(31)26-16-10-14(8-9-17(16)32-2)22-23(28-29-27-22)15-11-18(33-3)24(35-5)19(12-15)34-4/h8-12H,6-7,13H2,1-5H3,(H,25,30)(H,26,31)(H,27,28,29). The summed E-state index contributed by atoms with van der Waals surface area (Å²) in [4.78, 5) is 24.1. The molecule has 11 heteroatoms. The van der Waals surface area contributed by atoms with Gasteiger partial charge in [-0.2, -0.15) is 0 Å². The molecule has 0 fully saturated rings. The summed E-state index contributed by atoms with van der Waals surface area (Å²) in [7, 11) is 6.11. The largest absolute Gasteiger partial charge is 0.495 e. The Morgan fingerprint density at radius 1 is 0.886 bits per heavy atom. The predicted octanol–water partition coefficient (Wildman–Crippen LogP) is 3.03. The maximum Gasteiger partial charge on any atom is 0.243 e. The van der Waals surface area contributed by atoms with Crippen molar-refractivity contribution >= 4 is 17.5 Å². The molecule has 2 amide bonds. The SMILES string of the molecule is CCCC(=O)NCC(=O)Nc1cc(-c2[nH]nnc2-c2cc(OC)c(OC)c(OC)c2)ccc1OC. The highest BCUT2D eigenvalue weighted by Crippen LogP contribution is 2.42. The molecular weight excluding hydrogens is 454 g/mol. The fraction of sp³-hybridized carbons (Fsp3) is 0.333. The summed E-state index contributed by atoms with van der Waals surface area (Å²) in [6.07, 6.45) is 1.07. The number of nitrogens with zero attached hydrogens (tertiary/aromatic N) is 2. The second kappa shape index (κ2) is 11.7. The third kappa shape index (κ3) is 5.81. The summed E-state index contributed by atoms with van der Waals surface area (Å²) in [5.41, 5.74) is 2.96. The van der Waals surface area contributed by atoms with Gasteiger partial charge in [0.25, 0.3) is 0 Å². The zero-order valence-electron chi connectivity index (χ0n) is 20.4. The van der Waals surface area contributed by atoms with Crippen LogP contribution in [0.5, 0.6) is 23.0 Å². The van der Waals surface area contributed by atoms with Crippen molar-refractivity contribution in [2.75, 3.05) is 40.3 Å². The van der Waals surface area contributed by atoms with Crippen molar-refractivity contribution in [3.05, 3.63) is 30.3 Å². The third-order valence-electron chi connectivity index (χ3n) is 5.17. The number of nitrogens with one attached hydrogen (secondary N) is 3. The molecule has 0 radical (unpaired) electrons. The van der Waals surface area contributed by atoms with E-state index >= 15 is 0 Å². The van der Waals surface area contributed by atoms with Gasteiger partial charge in [-0.25, -0.2) is 0 Å². The lowest BCUT2D eigenvalue weighted by Crippen LogP contribution is -2.32. The zero-order chi connectivity index (χ0) is 25.4. The van der Waals surface area contributed by atoms with Gasteiger partial charge in [0.1, 0.15) is 11.4 Å². The first-order valence-corrected chi connectivity index (χ1v) is 10.9. The molecule has 3 N–H and O–H groups in total. The van der Waals surface area contributed by atoms with Gasteiger partial charge in [-0.15, -0.1) is 5.10 Å². The summed E-state index contributed by atoms with van der Waals surface area (Å²) in [6, 6.07) is 8.82. The Kier molecular flexibility index (Phi) is 8.49. The molecule has 11 nitrogen and oxygen atoms in total. The molecule has 0 spiro atoms. The number of amides is 2. The molecule has 0 aliphatic heterocycles. The van der Waals surface area contributed by atoms with E-state index in [0.717, 1.165) is 0 Å². The van der Waals surface area contributed by atoms with Crippen LogP contribution in [0.3, 0.4) is 0 Å². The molecule has 0 bridgehead atoms. The molecule has 0 atom stereocenters. The van der Waals surface area contributed by atoms with E-state index in [1.54, 1.807) is 24.3 Å². The van der Waals surface area contributed by atoms with Crippen molar-refractivity contribution < 1.29 is 28.5 Å². The Bertz CT molecular complexity index is 1170. The number of aromatic amines is 1. The van der Waals surface area contributed by atoms with Gasteiger partial charge in [-0.3, -0.25) is 14.7 Å². The molecule has 0 saturated heterocycles. The Balaban J connectivity index is 1.94. The minimum absolute atomic E-state index is 0.144. The fourth-order valence-corrected chi connectivity index (χ4v) is 3.50. The highest BCUT2D eigenvalue weighted by molar-refractivity contribution is 5.96. The minimum atomic E-state index is -0.377. The average molecular weight is 484 g/mol. The van der Waals surface area contributed by atoms with Crippen LogP contribution in [-0.2, 0) is 9.59 Å². The first-order valence-electron chi connectivity index (χ1n) is 10.9. The number of aromatic nitrogens is 3. The number of rotatable bonds is 11. The Morgan fingerprint density at radius 2 is 1.57 bits per heavy atom. The first-order chi connectivity index (χ1) is 16.9. The van der Waals surface area contributed by atoms with Crippen molar-refractivity contribution in [3.63, 3.8) is 0 Å². The van der Waals surface area contributed by atoms with E-state index in [9.17, 15) is 9.59 Å². The van der Waals surface area contributed by atoms with E-state index < -0.39 is 0 Å². The number of anilines is 1. The molecule has 3 aromatic rings. The van der Waals surface area contributed by atoms with Crippen molar-refractivity contribution in [1.29, 1.82) is 0 Å². The number of carbonyl (C=O) groups is 2. The number of methoxy groups -OCH3 is 4. The van der Waals surface area contributed by atoms with Gasteiger partial charge < -0.3 is 29.6 Å². The molecule has 0 unspecified atom stereocenters. The Labute approximate surface area is 203 Å². The van der Waals surface area contributed by atoms with Gasteiger partial charge in [0.05, 0.1) is 46.4 Å². The maximum atomic E-state index is 12.4. The van der Waals surface area contributed by atoms with E-state index in [1.165, 1.54) is 28.4 Å². The molecule has 0 aliphatic carbocycles. The molecule has 1 heterocycles. The molecule has 0 aliphatic rings. The van der Waals surface area contributed by atoms with Crippen LogP contribution in [0.1, 0.15) is 19.8 Å². The molecular formula is C24H29N5O6. The molecule has 35 heavy (non-hydrogen) atoms. The van der Waals surface area contributed by atoms with Crippen molar-refractivity contribution in [2.24, 2.45) is 0 Å². The average Bonchev–Trinajstić information content (AvgIpc) is 3.36. The Morgan fingerprint density at radius 3 is 2.17 bits per heavy atom. The quantitative estimate of drug-likeness (QED) is 0.379. The number of hydrogen-bond donors (Lipinski definition) is 3. The number of carbonyl (C=O) groups excluding carboxylic acids is 2. The summed E-state index contributed by atoms with van der Waals surface area (Å²) in [5, 5.41) is 16.5. The first kappa shape index (κ1) is 25.3. The van der Waals surface area contributed by atoms with Crippen LogP contribution >= 0.6 is 0 Å². The molecule has 186 valence electrons. The van der Waals surface area contributed by atoms with E-state index in [4.69, 9.17) is 18.9 Å². The van der Waals surface area contributed by atoms with Crippen LogP contribution in [0, 0.1) is 0 Å². The smallest absolute Gasteiger partial charge is 0.243 e. The highest BCUT2D eigenvalue weighted by Gasteiger charge is 2.20. The summed E-state index contributed by atoms with van der Waals surface area (Å²) >= 11 is 0. The lowest BCUT2D eigenvalue weighted by atomic mass is 10.0. The van der Waals surface area contributed by atoms with E-state index in [1.807, 2.05) is 13.0 Å². The second-order valence-corrected chi connectivity index (χ2v) is 7.44. The maximum absolute atomic E-state index is 12.4. The van der Waals surface area contributed by atoms with Crippen molar-refractivity contribution in [3.8, 4) is 45.5 Å². The molecule has 3 rings (SSSR count). The fourth-order valence-electron chi connectivity index (χ4n) is 3.50. The van der Waals surface area contributed by atoms with E-state index in [-0.39, 0.29) is 18.4 Å². The monoisotopic (exact) mass is 483 g/mol. The van der Waals surface area contributed by atoms with Gasteiger partial charge in [0, 0.05) is 17.5 Å². The highest BCUT2D eigenvalue weighted by atomic mass is 16.5. The molecule has 0 saturated carbocycles. The molecule has 1 aromatic heterocycles. The van der Waals surface area contributed by atoms with Gasteiger partial charge in [0.15, 0.2) is 11.5 Å².